The molecule has 0 atom stereocenters. The van der Waals surface area contributed by atoms with Crippen molar-refractivity contribution >= 4 is 17.5 Å². The molecule has 0 saturated carbocycles. The summed E-state index contributed by atoms with van der Waals surface area (Å²) < 4.78 is 26.7. The van der Waals surface area contributed by atoms with Crippen LogP contribution in [0.2, 0.25) is 5.02 Å². The van der Waals surface area contributed by atoms with Crippen LogP contribution in [0.1, 0.15) is 27.9 Å². The molecule has 1 fully saturated rings. The fraction of sp³-hybridized carbons (Fsp3) is 0.300. The molecule has 0 radical (unpaired) electrons. The lowest BCUT2D eigenvalue weighted by atomic mass is 10.1. The molecule has 1 aliphatic rings. The van der Waals surface area contributed by atoms with Crippen LogP contribution in [-0.2, 0) is 6.54 Å². The van der Waals surface area contributed by atoms with Gasteiger partial charge in [0.1, 0.15) is 0 Å². The number of carbonyl (C=O) groups is 1. The van der Waals surface area contributed by atoms with E-state index < -0.39 is 11.6 Å². The fourth-order valence-corrected chi connectivity index (χ4v) is 3.36. The molecule has 1 saturated heterocycles. The summed E-state index contributed by atoms with van der Waals surface area (Å²) in [5, 5.41) is 8.78. The Kier molecular flexibility index (Phi) is 6.04. The zero-order valence-electron chi connectivity index (χ0n) is 14.6. The van der Waals surface area contributed by atoms with Gasteiger partial charge in [-0.2, -0.15) is 5.26 Å². The highest BCUT2D eigenvalue weighted by atomic mass is 35.5. The highest BCUT2D eigenvalue weighted by Crippen LogP contribution is 2.22. The Morgan fingerprint density at radius 2 is 1.78 bits per heavy atom. The Hall–Kier alpha value is -2.49. The normalized spacial score (nSPS) is 15.3. The second-order valence-corrected chi connectivity index (χ2v) is 6.88. The third-order valence-corrected chi connectivity index (χ3v) is 4.92. The van der Waals surface area contributed by atoms with Crippen LogP contribution in [0.4, 0.5) is 8.78 Å². The van der Waals surface area contributed by atoms with Crippen LogP contribution in [0.5, 0.6) is 0 Å². The van der Waals surface area contributed by atoms with E-state index in [2.05, 4.69) is 11.0 Å². The molecule has 140 valence electrons. The SMILES string of the molecule is N#Cc1ccc(CN2CCCN(C(=O)c3cc(F)c(F)cc3Cl)CC2)cc1. The van der Waals surface area contributed by atoms with E-state index in [0.29, 0.717) is 25.2 Å². The molecule has 4 nitrogen and oxygen atoms in total. The van der Waals surface area contributed by atoms with E-state index in [1.54, 1.807) is 17.0 Å². The lowest BCUT2D eigenvalue weighted by molar-refractivity contribution is 0.0760. The smallest absolute Gasteiger partial charge is 0.255 e. The number of hydrogen-bond acceptors (Lipinski definition) is 3. The van der Waals surface area contributed by atoms with Crippen LogP contribution in [0.25, 0.3) is 0 Å². The Balaban J connectivity index is 1.65. The summed E-state index contributed by atoms with van der Waals surface area (Å²) in [6.07, 6.45) is 0.767. The van der Waals surface area contributed by atoms with Gasteiger partial charge in [0, 0.05) is 32.7 Å². The first kappa shape index (κ1) is 19.3. The van der Waals surface area contributed by atoms with Crippen LogP contribution in [0.3, 0.4) is 0 Å². The largest absolute Gasteiger partial charge is 0.337 e. The van der Waals surface area contributed by atoms with E-state index >= 15 is 0 Å². The van der Waals surface area contributed by atoms with Gasteiger partial charge < -0.3 is 4.90 Å². The molecule has 0 aliphatic carbocycles. The summed E-state index contributed by atoms with van der Waals surface area (Å²) in [6.45, 7) is 3.20. The molecule has 0 aromatic heterocycles. The van der Waals surface area contributed by atoms with E-state index in [0.717, 1.165) is 37.2 Å². The van der Waals surface area contributed by atoms with Crippen molar-refractivity contribution in [1.82, 2.24) is 9.80 Å². The Labute approximate surface area is 161 Å². The van der Waals surface area contributed by atoms with E-state index in [9.17, 15) is 13.6 Å². The molecule has 1 amide bonds. The third kappa shape index (κ3) is 4.62. The van der Waals surface area contributed by atoms with E-state index in [4.69, 9.17) is 16.9 Å². The minimum atomic E-state index is -1.08. The van der Waals surface area contributed by atoms with Crippen LogP contribution in [-0.4, -0.2) is 41.9 Å². The van der Waals surface area contributed by atoms with Crippen LogP contribution in [0, 0.1) is 23.0 Å². The van der Waals surface area contributed by atoms with Crippen molar-refractivity contribution < 1.29 is 13.6 Å². The maximum absolute atomic E-state index is 13.5. The molecule has 0 unspecified atom stereocenters. The van der Waals surface area contributed by atoms with Gasteiger partial charge in [0.25, 0.3) is 5.91 Å². The minimum Gasteiger partial charge on any atom is -0.337 e. The van der Waals surface area contributed by atoms with Crippen molar-refractivity contribution in [2.24, 2.45) is 0 Å². The molecule has 2 aromatic carbocycles. The van der Waals surface area contributed by atoms with Crippen molar-refractivity contribution in [3.63, 3.8) is 0 Å². The maximum Gasteiger partial charge on any atom is 0.255 e. The van der Waals surface area contributed by atoms with Gasteiger partial charge in [-0.15, -0.1) is 0 Å². The third-order valence-electron chi connectivity index (χ3n) is 4.61. The first-order valence-electron chi connectivity index (χ1n) is 8.63. The van der Waals surface area contributed by atoms with Crippen molar-refractivity contribution in [3.8, 4) is 6.07 Å². The van der Waals surface area contributed by atoms with E-state index in [1.165, 1.54) is 0 Å². The summed E-state index contributed by atoms with van der Waals surface area (Å²) in [5.41, 5.74) is 1.70. The molecule has 0 spiro atoms. The highest BCUT2D eigenvalue weighted by molar-refractivity contribution is 6.33. The van der Waals surface area contributed by atoms with Crippen molar-refractivity contribution in [2.45, 2.75) is 13.0 Å². The van der Waals surface area contributed by atoms with Gasteiger partial charge in [0.15, 0.2) is 11.6 Å². The number of amides is 1. The average Bonchev–Trinajstić information content (AvgIpc) is 2.90. The summed E-state index contributed by atoms with van der Waals surface area (Å²) in [4.78, 5) is 16.5. The second kappa shape index (κ2) is 8.47. The topological polar surface area (TPSA) is 47.3 Å². The average molecular weight is 390 g/mol. The minimum absolute atomic E-state index is 0.0175. The van der Waals surface area contributed by atoms with Crippen LogP contribution in [0.15, 0.2) is 36.4 Å². The summed E-state index contributed by atoms with van der Waals surface area (Å²) in [5.74, 6) is -2.54. The molecule has 1 aliphatic heterocycles. The van der Waals surface area contributed by atoms with E-state index in [1.807, 2.05) is 12.1 Å². The van der Waals surface area contributed by atoms with E-state index in [-0.39, 0.29) is 16.5 Å². The molecule has 2 aromatic rings. The summed E-state index contributed by atoms with van der Waals surface area (Å²) in [7, 11) is 0. The number of rotatable bonds is 3. The van der Waals surface area contributed by atoms with Gasteiger partial charge in [-0.25, -0.2) is 8.78 Å². The second-order valence-electron chi connectivity index (χ2n) is 6.48. The first-order valence-corrected chi connectivity index (χ1v) is 9.01. The van der Waals surface area contributed by atoms with Crippen molar-refractivity contribution in [2.75, 3.05) is 26.2 Å². The number of hydrogen-bond donors (Lipinski definition) is 0. The molecular formula is C20H18ClF2N3O. The number of carbonyl (C=O) groups excluding carboxylic acids is 1. The van der Waals surface area contributed by atoms with Crippen molar-refractivity contribution in [3.05, 3.63) is 69.7 Å². The quantitative estimate of drug-likeness (QED) is 0.749. The Morgan fingerprint density at radius 1 is 1.07 bits per heavy atom. The standard InChI is InChI=1S/C20H18ClF2N3O/c21-17-11-19(23)18(22)10-16(17)20(27)26-7-1-6-25(8-9-26)13-15-4-2-14(12-24)3-5-15/h2-5,10-11H,1,6-9,13H2. The number of nitrogens with zero attached hydrogens (tertiary/aromatic N) is 3. The summed E-state index contributed by atoms with van der Waals surface area (Å²) >= 11 is 5.93. The monoisotopic (exact) mass is 389 g/mol. The van der Waals surface area contributed by atoms with Gasteiger partial charge in [-0.1, -0.05) is 23.7 Å². The zero-order chi connectivity index (χ0) is 19.4. The van der Waals surface area contributed by atoms with Gasteiger partial charge in [0.05, 0.1) is 22.2 Å². The Morgan fingerprint density at radius 3 is 2.48 bits per heavy atom. The fourth-order valence-electron chi connectivity index (χ4n) is 3.13. The predicted molar refractivity (Wildman–Crippen MR) is 98.3 cm³/mol. The lowest BCUT2D eigenvalue weighted by Crippen LogP contribution is -2.35. The van der Waals surface area contributed by atoms with Crippen LogP contribution >= 0.6 is 11.6 Å². The molecular weight excluding hydrogens is 372 g/mol. The Bertz CT molecular complexity index is 880. The maximum atomic E-state index is 13.5. The predicted octanol–water partition coefficient (Wildman–Crippen LogP) is 3.84. The zero-order valence-corrected chi connectivity index (χ0v) is 15.3. The van der Waals surface area contributed by atoms with Crippen molar-refractivity contribution in [1.29, 1.82) is 5.26 Å². The van der Waals surface area contributed by atoms with Gasteiger partial charge in [0.2, 0.25) is 0 Å². The van der Waals surface area contributed by atoms with Gasteiger partial charge in [-0.05, 0) is 36.2 Å². The number of halogens is 3. The molecule has 7 heteroatoms. The first-order chi connectivity index (χ1) is 13.0. The highest BCUT2D eigenvalue weighted by Gasteiger charge is 2.23. The summed E-state index contributed by atoms with van der Waals surface area (Å²) in [6, 6.07) is 11.2. The molecule has 1 heterocycles. The molecule has 0 bridgehead atoms. The lowest BCUT2D eigenvalue weighted by Gasteiger charge is -2.22. The number of benzene rings is 2. The molecule has 0 N–H and O–H groups in total. The molecule has 27 heavy (non-hydrogen) atoms. The van der Waals surface area contributed by atoms with Gasteiger partial charge >= 0.3 is 0 Å². The molecule has 3 rings (SSSR count). The van der Waals surface area contributed by atoms with Crippen LogP contribution < -0.4 is 0 Å². The number of nitriles is 1. The van der Waals surface area contributed by atoms with Gasteiger partial charge in [-0.3, -0.25) is 9.69 Å².